The predicted octanol–water partition coefficient (Wildman–Crippen LogP) is 1.96. The van der Waals surface area contributed by atoms with E-state index in [1.165, 1.54) is 24.7 Å². The van der Waals surface area contributed by atoms with Crippen LogP contribution in [-0.4, -0.2) is 37.5 Å². The number of halogens is 1. The number of carbonyl (C=O) groups is 1. The minimum Gasteiger partial charge on any atom is -0.382 e. The summed E-state index contributed by atoms with van der Waals surface area (Å²) >= 11 is 0. The first-order chi connectivity index (χ1) is 9.84. The number of alkyl halides is 1. The number of aromatic nitrogens is 3. The highest BCUT2D eigenvalue weighted by Gasteiger charge is 2.37. The normalized spacial score (nSPS) is 22.1. The number of allylic oxidation sites excluding steroid dienone is 3. The summed E-state index contributed by atoms with van der Waals surface area (Å²) in [6, 6.07) is 0. The second-order valence-corrected chi connectivity index (χ2v) is 5.23. The number of ketones is 1. The van der Waals surface area contributed by atoms with Crippen molar-refractivity contribution in [2.45, 2.75) is 38.2 Å². The zero-order chi connectivity index (χ0) is 15.6. The second kappa shape index (κ2) is 5.69. The molecule has 2 unspecified atom stereocenters. The molecule has 0 spiro atoms. The van der Waals surface area contributed by atoms with Crippen molar-refractivity contribution in [3.63, 3.8) is 0 Å². The van der Waals surface area contributed by atoms with E-state index in [-0.39, 0.29) is 18.1 Å². The number of carbonyl (C=O) groups excluding carboxylic acids is 1. The minimum absolute atomic E-state index is 0.0671. The monoisotopic (exact) mass is 292 g/mol. The standard InChI is InChI=1S/C14H17FN4O2/c1-4-5-6-7-16-10-8-9(15)13-17-12(18-19(10)13)11(20)14(2,3)21/h4-7,9-10,21H,1,8H2,2-3H3/b6-5-,16-7?. The highest BCUT2D eigenvalue weighted by atomic mass is 19.1. The van der Waals surface area contributed by atoms with Gasteiger partial charge in [0, 0.05) is 12.6 Å². The van der Waals surface area contributed by atoms with Crippen LogP contribution in [0.1, 0.15) is 49.0 Å². The highest BCUT2D eigenvalue weighted by Crippen LogP contribution is 2.36. The maximum Gasteiger partial charge on any atom is 0.232 e. The summed E-state index contributed by atoms with van der Waals surface area (Å²) < 4.78 is 15.2. The molecular weight excluding hydrogens is 275 g/mol. The number of hydrogen-bond acceptors (Lipinski definition) is 5. The molecule has 7 heteroatoms. The first kappa shape index (κ1) is 15.2. The fourth-order valence-corrected chi connectivity index (χ4v) is 1.93. The lowest BCUT2D eigenvalue weighted by Gasteiger charge is -2.12. The van der Waals surface area contributed by atoms with E-state index >= 15 is 0 Å². The summed E-state index contributed by atoms with van der Waals surface area (Å²) in [6.45, 7) is 6.20. The molecule has 0 aliphatic carbocycles. The Bertz CT molecular complexity index is 613. The summed E-state index contributed by atoms with van der Waals surface area (Å²) in [5.41, 5.74) is -1.60. The molecular formula is C14H17FN4O2. The predicted molar refractivity (Wildman–Crippen MR) is 76.0 cm³/mol. The van der Waals surface area contributed by atoms with Gasteiger partial charge in [-0.3, -0.25) is 9.79 Å². The van der Waals surface area contributed by atoms with Crippen molar-refractivity contribution >= 4 is 12.0 Å². The van der Waals surface area contributed by atoms with Crippen molar-refractivity contribution in [2.24, 2.45) is 4.99 Å². The van der Waals surface area contributed by atoms with Gasteiger partial charge in [0.05, 0.1) is 0 Å². The fourth-order valence-electron chi connectivity index (χ4n) is 1.93. The van der Waals surface area contributed by atoms with Gasteiger partial charge >= 0.3 is 0 Å². The second-order valence-electron chi connectivity index (χ2n) is 5.23. The topological polar surface area (TPSA) is 80.4 Å². The number of aliphatic imine (C=N–C) groups is 1. The number of fused-ring (bicyclic) bond motifs is 1. The average molecular weight is 292 g/mol. The zero-order valence-electron chi connectivity index (χ0n) is 11.9. The maximum atomic E-state index is 13.9. The molecule has 0 bridgehead atoms. The summed E-state index contributed by atoms with van der Waals surface area (Å²) in [6.07, 6.45) is 4.74. The Kier molecular flexibility index (Phi) is 4.13. The van der Waals surface area contributed by atoms with Crippen LogP contribution in [0, 0.1) is 0 Å². The third kappa shape index (κ3) is 3.13. The number of rotatable bonds is 5. The van der Waals surface area contributed by atoms with Crippen LogP contribution in [-0.2, 0) is 0 Å². The lowest BCUT2D eigenvalue weighted by molar-refractivity contribution is 0.0475. The van der Waals surface area contributed by atoms with Gasteiger partial charge < -0.3 is 5.11 Å². The van der Waals surface area contributed by atoms with Gasteiger partial charge in [-0.05, 0) is 19.9 Å². The molecule has 2 rings (SSSR count). The quantitative estimate of drug-likeness (QED) is 0.511. The van der Waals surface area contributed by atoms with E-state index in [1.807, 2.05) is 0 Å². The van der Waals surface area contributed by atoms with Crippen LogP contribution in [0.3, 0.4) is 0 Å². The molecule has 0 fully saturated rings. The van der Waals surface area contributed by atoms with Crippen molar-refractivity contribution in [3.8, 4) is 0 Å². The highest BCUT2D eigenvalue weighted by molar-refractivity contribution is 5.98. The molecule has 112 valence electrons. The molecule has 2 atom stereocenters. The lowest BCUT2D eigenvalue weighted by Crippen LogP contribution is -2.32. The van der Waals surface area contributed by atoms with Gasteiger partial charge in [-0.15, -0.1) is 5.10 Å². The van der Waals surface area contributed by atoms with E-state index in [1.54, 1.807) is 18.2 Å². The van der Waals surface area contributed by atoms with Crippen LogP contribution < -0.4 is 0 Å². The van der Waals surface area contributed by atoms with E-state index in [2.05, 4.69) is 21.7 Å². The molecule has 6 nitrogen and oxygen atoms in total. The Labute approximate surface area is 121 Å². The first-order valence-electron chi connectivity index (χ1n) is 6.53. The maximum absolute atomic E-state index is 13.9. The van der Waals surface area contributed by atoms with E-state index in [0.29, 0.717) is 0 Å². The van der Waals surface area contributed by atoms with Gasteiger partial charge in [-0.1, -0.05) is 18.7 Å². The molecule has 1 aliphatic heterocycles. The van der Waals surface area contributed by atoms with E-state index in [9.17, 15) is 14.3 Å². The summed E-state index contributed by atoms with van der Waals surface area (Å²) in [5.74, 6) is -0.773. The third-order valence-electron chi connectivity index (χ3n) is 2.99. The van der Waals surface area contributed by atoms with Crippen LogP contribution in [0.4, 0.5) is 4.39 Å². The Hall–Kier alpha value is -2.15. The molecule has 0 saturated carbocycles. The van der Waals surface area contributed by atoms with Crippen molar-refractivity contribution in [1.29, 1.82) is 0 Å². The fraction of sp³-hybridized carbons (Fsp3) is 0.429. The van der Waals surface area contributed by atoms with Crippen LogP contribution in [0.15, 0.2) is 29.8 Å². The number of Topliss-reactive ketones (excluding diaryl/α,β-unsaturated/α-hetero) is 1. The molecule has 0 saturated heterocycles. The largest absolute Gasteiger partial charge is 0.382 e. The van der Waals surface area contributed by atoms with Crippen molar-refractivity contribution in [1.82, 2.24) is 14.8 Å². The Balaban J connectivity index is 2.27. The Morgan fingerprint density at radius 3 is 2.90 bits per heavy atom. The van der Waals surface area contributed by atoms with Gasteiger partial charge in [0.15, 0.2) is 12.0 Å². The SMILES string of the molecule is C=C/C=C\C=NC1CC(F)c2nc(C(=O)C(C)(C)O)nn21. The molecule has 0 amide bonds. The summed E-state index contributed by atoms with van der Waals surface area (Å²) in [4.78, 5) is 20.0. The lowest BCUT2D eigenvalue weighted by atomic mass is 10.0. The van der Waals surface area contributed by atoms with E-state index in [0.717, 1.165) is 0 Å². The smallest absolute Gasteiger partial charge is 0.232 e. The van der Waals surface area contributed by atoms with Crippen LogP contribution in [0.25, 0.3) is 0 Å². The summed E-state index contributed by atoms with van der Waals surface area (Å²) in [5, 5.41) is 13.7. The zero-order valence-corrected chi connectivity index (χ0v) is 11.9. The number of hydrogen-bond donors (Lipinski definition) is 1. The van der Waals surface area contributed by atoms with Crippen molar-refractivity contribution in [3.05, 3.63) is 36.5 Å². The molecule has 1 N–H and O–H groups in total. The molecule has 0 radical (unpaired) electrons. The molecule has 1 aromatic rings. The molecule has 0 aromatic carbocycles. The van der Waals surface area contributed by atoms with Crippen LogP contribution in [0.5, 0.6) is 0 Å². The van der Waals surface area contributed by atoms with Crippen molar-refractivity contribution in [2.75, 3.05) is 0 Å². The molecule has 21 heavy (non-hydrogen) atoms. The van der Waals surface area contributed by atoms with E-state index in [4.69, 9.17) is 0 Å². The summed E-state index contributed by atoms with van der Waals surface area (Å²) in [7, 11) is 0. The molecule has 2 heterocycles. The van der Waals surface area contributed by atoms with Crippen molar-refractivity contribution < 1.29 is 14.3 Å². The van der Waals surface area contributed by atoms with Crippen LogP contribution in [0.2, 0.25) is 0 Å². The van der Waals surface area contributed by atoms with Gasteiger partial charge in [0.25, 0.3) is 0 Å². The van der Waals surface area contributed by atoms with Crippen LogP contribution >= 0.6 is 0 Å². The minimum atomic E-state index is -1.60. The van der Waals surface area contributed by atoms with E-state index < -0.39 is 23.7 Å². The van der Waals surface area contributed by atoms with Gasteiger partial charge in [0.1, 0.15) is 11.8 Å². The Morgan fingerprint density at radius 1 is 1.57 bits per heavy atom. The third-order valence-corrected chi connectivity index (χ3v) is 2.99. The van der Waals surface area contributed by atoms with Gasteiger partial charge in [-0.25, -0.2) is 14.1 Å². The molecule has 1 aromatic heterocycles. The first-order valence-corrected chi connectivity index (χ1v) is 6.53. The van der Waals surface area contributed by atoms with Gasteiger partial charge in [0.2, 0.25) is 11.6 Å². The Morgan fingerprint density at radius 2 is 2.29 bits per heavy atom. The van der Waals surface area contributed by atoms with Gasteiger partial charge in [-0.2, -0.15) is 0 Å². The molecule has 1 aliphatic rings. The average Bonchev–Trinajstić information content (AvgIpc) is 2.95. The number of aliphatic hydroxyl groups is 1. The number of nitrogens with zero attached hydrogens (tertiary/aromatic N) is 4.